The van der Waals surface area contributed by atoms with Crippen molar-refractivity contribution in [1.29, 1.82) is 0 Å². The van der Waals surface area contributed by atoms with Gasteiger partial charge in [0.25, 0.3) is 0 Å². The highest BCUT2D eigenvalue weighted by Gasteiger charge is 2.19. The van der Waals surface area contributed by atoms with Gasteiger partial charge in [0.05, 0.1) is 0 Å². The van der Waals surface area contributed by atoms with Crippen LogP contribution >= 0.6 is 0 Å². The summed E-state index contributed by atoms with van der Waals surface area (Å²) < 4.78 is 0. The van der Waals surface area contributed by atoms with E-state index >= 15 is 0 Å². The first-order chi connectivity index (χ1) is 7.69. The second kappa shape index (κ2) is 7.38. The molecule has 0 saturated heterocycles. The van der Waals surface area contributed by atoms with Gasteiger partial charge in [-0.1, -0.05) is 13.3 Å². The number of nitrogens with zero attached hydrogens (tertiary/aromatic N) is 1. The van der Waals surface area contributed by atoms with Gasteiger partial charge >= 0.3 is 0 Å². The van der Waals surface area contributed by atoms with Gasteiger partial charge < -0.3 is 10.2 Å². The molecule has 0 bridgehead atoms. The van der Waals surface area contributed by atoms with Gasteiger partial charge in [0.2, 0.25) is 0 Å². The van der Waals surface area contributed by atoms with Crippen molar-refractivity contribution < 1.29 is 0 Å². The Bertz CT molecular complexity index is 192. The molecule has 17 heavy (non-hydrogen) atoms. The van der Waals surface area contributed by atoms with Crippen LogP contribution in [-0.2, 0) is 0 Å². The van der Waals surface area contributed by atoms with E-state index in [1.807, 2.05) is 0 Å². The zero-order valence-corrected chi connectivity index (χ0v) is 13.2. The molecule has 0 rings (SSSR count). The molecule has 0 atom stereocenters. The minimum Gasteiger partial charge on any atom is -0.312 e. The summed E-state index contributed by atoms with van der Waals surface area (Å²) in [6.07, 6.45) is 5.14. The summed E-state index contributed by atoms with van der Waals surface area (Å²) in [5.74, 6) is 0. The molecular formula is C15H34N2. The molecule has 0 aromatic carbocycles. The topological polar surface area (TPSA) is 15.3 Å². The zero-order chi connectivity index (χ0) is 13.5. The maximum atomic E-state index is 3.54. The summed E-state index contributed by atoms with van der Waals surface area (Å²) in [7, 11) is 2.25. The summed E-state index contributed by atoms with van der Waals surface area (Å²) in [4.78, 5) is 2.49. The fourth-order valence-electron chi connectivity index (χ4n) is 1.69. The third-order valence-electron chi connectivity index (χ3n) is 3.72. The first-order valence-corrected chi connectivity index (χ1v) is 7.15. The second-order valence-corrected chi connectivity index (χ2v) is 6.82. The van der Waals surface area contributed by atoms with Crippen LogP contribution in [0.15, 0.2) is 0 Å². The van der Waals surface area contributed by atoms with Gasteiger partial charge in [-0.05, 0) is 74.0 Å². The third-order valence-corrected chi connectivity index (χ3v) is 3.72. The fourth-order valence-corrected chi connectivity index (χ4v) is 1.69. The lowest BCUT2D eigenvalue weighted by atomic mass is 9.99. The molecule has 0 amide bonds. The standard InChI is InChI=1S/C15H34N2/c1-8-15(5,6)17(7)13-11-9-10-12-16-14(2,3)4/h16H,8-13H2,1-7H3. The first kappa shape index (κ1) is 16.9. The average Bonchev–Trinajstić information content (AvgIpc) is 2.21. The van der Waals surface area contributed by atoms with Crippen LogP contribution in [0.1, 0.15) is 67.2 Å². The monoisotopic (exact) mass is 242 g/mol. The summed E-state index contributed by atoms with van der Waals surface area (Å²) in [6.45, 7) is 16.0. The van der Waals surface area contributed by atoms with Gasteiger partial charge in [-0.15, -0.1) is 0 Å². The van der Waals surface area contributed by atoms with Crippen LogP contribution in [0, 0.1) is 0 Å². The van der Waals surface area contributed by atoms with E-state index in [-0.39, 0.29) is 5.54 Å². The second-order valence-electron chi connectivity index (χ2n) is 6.82. The molecule has 0 aliphatic carbocycles. The molecule has 0 unspecified atom stereocenters. The molecule has 0 aromatic rings. The van der Waals surface area contributed by atoms with Gasteiger partial charge in [-0.25, -0.2) is 0 Å². The quantitative estimate of drug-likeness (QED) is 0.653. The van der Waals surface area contributed by atoms with E-state index in [1.54, 1.807) is 0 Å². The highest BCUT2D eigenvalue weighted by molar-refractivity contribution is 4.77. The van der Waals surface area contributed by atoms with Crippen molar-refractivity contribution in [2.75, 3.05) is 20.1 Å². The fraction of sp³-hybridized carbons (Fsp3) is 1.00. The SMILES string of the molecule is CCC(C)(C)N(C)CCCCCNC(C)(C)C. The number of hydrogen-bond donors (Lipinski definition) is 1. The molecule has 1 N–H and O–H groups in total. The van der Waals surface area contributed by atoms with Crippen LogP contribution in [0.25, 0.3) is 0 Å². The Labute approximate surface area is 109 Å². The molecular weight excluding hydrogens is 208 g/mol. The molecule has 104 valence electrons. The highest BCUT2D eigenvalue weighted by Crippen LogP contribution is 2.16. The minimum absolute atomic E-state index is 0.265. The summed E-state index contributed by atoms with van der Waals surface area (Å²) in [5.41, 5.74) is 0.616. The van der Waals surface area contributed by atoms with Crippen LogP contribution in [0.4, 0.5) is 0 Å². The van der Waals surface area contributed by atoms with Crippen molar-refractivity contribution in [3.05, 3.63) is 0 Å². The van der Waals surface area contributed by atoms with Gasteiger partial charge in [0.1, 0.15) is 0 Å². The van der Waals surface area contributed by atoms with Crippen molar-refractivity contribution in [1.82, 2.24) is 10.2 Å². The van der Waals surface area contributed by atoms with Crippen LogP contribution in [-0.4, -0.2) is 36.1 Å². The van der Waals surface area contributed by atoms with Gasteiger partial charge in [0.15, 0.2) is 0 Å². The normalized spacial score (nSPS) is 13.4. The van der Waals surface area contributed by atoms with E-state index in [0.29, 0.717) is 5.54 Å². The molecule has 0 radical (unpaired) electrons. The van der Waals surface area contributed by atoms with E-state index in [0.717, 1.165) is 6.54 Å². The molecule has 0 aromatic heterocycles. The number of rotatable bonds is 8. The van der Waals surface area contributed by atoms with Crippen molar-refractivity contribution in [3.8, 4) is 0 Å². The van der Waals surface area contributed by atoms with E-state index < -0.39 is 0 Å². The van der Waals surface area contributed by atoms with Crippen molar-refractivity contribution in [2.24, 2.45) is 0 Å². The van der Waals surface area contributed by atoms with E-state index in [4.69, 9.17) is 0 Å². The molecule has 0 fully saturated rings. The van der Waals surface area contributed by atoms with E-state index in [1.165, 1.54) is 32.2 Å². The number of hydrogen-bond acceptors (Lipinski definition) is 2. The van der Waals surface area contributed by atoms with Gasteiger partial charge in [-0.2, -0.15) is 0 Å². The summed E-state index contributed by atoms with van der Waals surface area (Å²) in [5, 5.41) is 3.54. The van der Waals surface area contributed by atoms with Crippen LogP contribution in [0.3, 0.4) is 0 Å². The Kier molecular flexibility index (Phi) is 7.34. The molecule has 0 saturated carbocycles. The average molecular weight is 242 g/mol. The lowest BCUT2D eigenvalue weighted by Crippen LogP contribution is -2.41. The molecule has 2 nitrogen and oxygen atoms in total. The lowest BCUT2D eigenvalue weighted by Gasteiger charge is -2.34. The van der Waals surface area contributed by atoms with E-state index in [9.17, 15) is 0 Å². The van der Waals surface area contributed by atoms with Crippen LogP contribution in [0.5, 0.6) is 0 Å². The molecule has 2 heteroatoms. The highest BCUT2D eigenvalue weighted by atomic mass is 15.2. The predicted molar refractivity (Wildman–Crippen MR) is 78.6 cm³/mol. The van der Waals surface area contributed by atoms with Crippen molar-refractivity contribution in [3.63, 3.8) is 0 Å². The Morgan fingerprint density at radius 2 is 1.53 bits per heavy atom. The first-order valence-electron chi connectivity index (χ1n) is 7.15. The molecule has 0 aliphatic rings. The molecule has 0 spiro atoms. The maximum absolute atomic E-state index is 3.54. The van der Waals surface area contributed by atoms with Crippen molar-refractivity contribution in [2.45, 2.75) is 78.3 Å². The van der Waals surface area contributed by atoms with Gasteiger partial charge in [-0.3, -0.25) is 0 Å². The largest absolute Gasteiger partial charge is 0.312 e. The summed E-state index contributed by atoms with van der Waals surface area (Å²) in [6, 6.07) is 0. The minimum atomic E-state index is 0.265. The Morgan fingerprint density at radius 3 is 2.00 bits per heavy atom. The summed E-state index contributed by atoms with van der Waals surface area (Å²) >= 11 is 0. The predicted octanol–water partition coefficient (Wildman–Crippen LogP) is 3.67. The Morgan fingerprint density at radius 1 is 0.941 bits per heavy atom. The van der Waals surface area contributed by atoms with Crippen LogP contribution in [0.2, 0.25) is 0 Å². The number of unbranched alkanes of at least 4 members (excludes halogenated alkanes) is 2. The van der Waals surface area contributed by atoms with Gasteiger partial charge in [0, 0.05) is 11.1 Å². The Balaban J connectivity index is 3.53. The maximum Gasteiger partial charge on any atom is 0.0147 e. The molecule has 0 aliphatic heterocycles. The van der Waals surface area contributed by atoms with E-state index in [2.05, 4.69) is 58.8 Å². The zero-order valence-electron chi connectivity index (χ0n) is 13.2. The molecule has 0 heterocycles. The van der Waals surface area contributed by atoms with Crippen LogP contribution < -0.4 is 5.32 Å². The smallest absolute Gasteiger partial charge is 0.0147 e. The lowest BCUT2D eigenvalue weighted by molar-refractivity contribution is 0.148. The number of nitrogens with one attached hydrogen (secondary N) is 1. The third kappa shape index (κ3) is 8.62. The Hall–Kier alpha value is -0.0800. The van der Waals surface area contributed by atoms with Crippen molar-refractivity contribution >= 4 is 0 Å².